The summed E-state index contributed by atoms with van der Waals surface area (Å²) < 4.78 is 0. The zero-order valence-corrected chi connectivity index (χ0v) is 11.7. The number of anilines is 1. The maximum absolute atomic E-state index is 12.3. The fourth-order valence-electron chi connectivity index (χ4n) is 2.34. The summed E-state index contributed by atoms with van der Waals surface area (Å²) in [6.45, 7) is 3.70. The monoisotopic (exact) mass is 268 g/mol. The van der Waals surface area contributed by atoms with Gasteiger partial charge in [-0.25, -0.2) is 4.98 Å². The molecule has 1 saturated carbocycles. The summed E-state index contributed by atoms with van der Waals surface area (Å²) >= 11 is 1.37. The number of amides is 1. The van der Waals surface area contributed by atoms with Crippen molar-refractivity contribution in [1.82, 2.24) is 4.98 Å². The molecule has 1 aliphatic carbocycles. The van der Waals surface area contributed by atoms with Crippen molar-refractivity contribution in [1.29, 1.82) is 0 Å². The molecule has 18 heavy (non-hydrogen) atoms. The van der Waals surface area contributed by atoms with Crippen molar-refractivity contribution in [2.45, 2.75) is 52.1 Å². The second kappa shape index (κ2) is 5.36. The predicted octanol–water partition coefficient (Wildman–Crippen LogP) is 3.11. The smallest absolute Gasteiger partial charge is 0.232 e. The summed E-state index contributed by atoms with van der Waals surface area (Å²) in [6, 6.07) is 0. The number of aliphatic hydroxyl groups excluding tert-OH is 1. The lowest BCUT2D eigenvalue weighted by atomic mass is 9.75. The van der Waals surface area contributed by atoms with Gasteiger partial charge in [-0.1, -0.05) is 26.2 Å². The third kappa shape index (κ3) is 2.90. The van der Waals surface area contributed by atoms with Crippen LogP contribution in [0, 0.1) is 5.41 Å². The maximum Gasteiger partial charge on any atom is 0.232 e. The van der Waals surface area contributed by atoms with Gasteiger partial charge in [0.25, 0.3) is 0 Å². The van der Waals surface area contributed by atoms with Crippen LogP contribution in [0.25, 0.3) is 0 Å². The highest BCUT2D eigenvalue weighted by atomic mass is 32.1. The number of carbonyl (C=O) groups excluding carboxylic acids is 1. The lowest BCUT2D eigenvalue weighted by molar-refractivity contribution is -0.126. The Morgan fingerprint density at radius 2 is 2.17 bits per heavy atom. The first-order chi connectivity index (χ1) is 8.51. The number of aromatic nitrogens is 1. The zero-order valence-electron chi connectivity index (χ0n) is 10.9. The van der Waals surface area contributed by atoms with E-state index >= 15 is 0 Å². The number of nitrogens with zero attached hydrogens (tertiary/aromatic N) is 1. The fraction of sp³-hybridized carbons (Fsp3) is 0.692. The summed E-state index contributed by atoms with van der Waals surface area (Å²) in [5.41, 5.74) is 0.360. The molecule has 4 nitrogen and oxygen atoms in total. The van der Waals surface area contributed by atoms with Crippen LogP contribution in [0.15, 0.2) is 5.38 Å². The number of nitrogens with one attached hydrogen (secondary N) is 1. The number of hydrogen-bond acceptors (Lipinski definition) is 4. The van der Waals surface area contributed by atoms with Crippen LogP contribution in [-0.4, -0.2) is 16.0 Å². The second-order valence-electron chi connectivity index (χ2n) is 5.33. The Bertz CT molecular complexity index is 422. The molecule has 0 bridgehead atoms. The molecule has 0 spiro atoms. The number of rotatable bonds is 3. The minimum atomic E-state index is -0.586. The summed E-state index contributed by atoms with van der Waals surface area (Å²) in [7, 11) is 0. The van der Waals surface area contributed by atoms with E-state index in [-0.39, 0.29) is 11.3 Å². The summed E-state index contributed by atoms with van der Waals surface area (Å²) in [5, 5.41) is 14.7. The third-order valence-corrected chi connectivity index (χ3v) is 4.45. The van der Waals surface area contributed by atoms with Gasteiger partial charge in [-0.15, -0.1) is 11.3 Å². The van der Waals surface area contributed by atoms with E-state index in [4.69, 9.17) is 0 Å². The fourth-order valence-corrected chi connectivity index (χ4v) is 3.13. The minimum Gasteiger partial charge on any atom is -0.387 e. The Morgan fingerprint density at radius 3 is 2.72 bits per heavy atom. The molecule has 0 aromatic carbocycles. The topological polar surface area (TPSA) is 62.2 Å². The van der Waals surface area contributed by atoms with Crippen molar-refractivity contribution in [3.05, 3.63) is 11.1 Å². The lowest BCUT2D eigenvalue weighted by Crippen LogP contribution is -2.35. The van der Waals surface area contributed by atoms with Crippen LogP contribution in [-0.2, 0) is 4.79 Å². The minimum absolute atomic E-state index is 0.0636. The van der Waals surface area contributed by atoms with Gasteiger partial charge in [0, 0.05) is 10.8 Å². The van der Waals surface area contributed by atoms with Gasteiger partial charge in [-0.05, 0) is 19.8 Å². The van der Waals surface area contributed by atoms with Crippen molar-refractivity contribution in [2.24, 2.45) is 5.41 Å². The van der Waals surface area contributed by atoms with Crippen molar-refractivity contribution in [3.8, 4) is 0 Å². The third-order valence-electron chi connectivity index (χ3n) is 3.68. The molecule has 100 valence electrons. The SMILES string of the molecule is CC(O)c1csc(NC(=O)C2(C)CCCCC2)n1. The van der Waals surface area contributed by atoms with Crippen molar-refractivity contribution in [3.63, 3.8) is 0 Å². The highest BCUT2D eigenvalue weighted by Gasteiger charge is 2.34. The molecule has 1 heterocycles. The Kier molecular flexibility index (Phi) is 4.02. The number of thiazole rings is 1. The molecule has 1 aromatic heterocycles. The molecule has 1 aliphatic rings. The van der Waals surface area contributed by atoms with Gasteiger partial charge in [0.2, 0.25) is 5.91 Å². The molecule has 0 saturated heterocycles. The van der Waals surface area contributed by atoms with Crippen LogP contribution in [0.5, 0.6) is 0 Å². The van der Waals surface area contributed by atoms with E-state index in [1.54, 1.807) is 12.3 Å². The molecule has 2 N–H and O–H groups in total. The van der Waals surface area contributed by atoms with Gasteiger partial charge in [0.15, 0.2) is 5.13 Å². The molecule has 1 atom stereocenters. The average Bonchev–Trinajstić information content (AvgIpc) is 2.78. The van der Waals surface area contributed by atoms with Gasteiger partial charge < -0.3 is 10.4 Å². The Morgan fingerprint density at radius 1 is 1.50 bits per heavy atom. The lowest BCUT2D eigenvalue weighted by Gasteiger charge is -2.31. The highest BCUT2D eigenvalue weighted by Crippen LogP contribution is 2.37. The number of aliphatic hydroxyl groups is 1. The molecule has 1 unspecified atom stereocenters. The van der Waals surface area contributed by atoms with Crippen LogP contribution < -0.4 is 5.32 Å². The molecule has 1 fully saturated rings. The Balaban J connectivity index is 2.01. The largest absolute Gasteiger partial charge is 0.387 e. The predicted molar refractivity (Wildman–Crippen MR) is 72.6 cm³/mol. The average molecular weight is 268 g/mol. The molecule has 0 aliphatic heterocycles. The van der Waals surface area contributed by atoms with Gasteiger partial charge >= 0.3 is 0 Å². The number of hydrogen-bond donors (Lipinski definition) is 2. The molecule has 0 radical (unpaired) electrons. The molecule has 1 aromatic rings. The van der Waals surface area contributed by atoms with Gasteiger partial charge in [-0.3, -0.25) is 4.79 Å². The summed E-state index contributed by atoms with van der Waals surface area (Å²) in [4.78, 5) is 16.5. The molecule has 5 heteroatoms. The molecular weight excluding hydrogens is 248 g/mol. The second-order valence-corrected chi connectivity index (χ2v) is 6.19. The standard InChI is InChI=1S/C13H20N2O2S/c1-9(16)10-8-18-12(14-10)15-11(17)13(2)6-4-3-5-7-13/h8-9,16H,3-7H2,1-2H3,(H,14,15,17). The van der Waals surface area contributed by atoms with E-state index < -0.39 is 6.10 Å². The Hall–Kier alpha value is -0.940. The summed E-state index contributed by atoms with van der Waals surface area (Å²) in [5.74, 6) is 0.0636. The zero-order chi connectivity index (χ0) is 13.2. The molecule has 2 rings (SSSR count). The van der Waals surface area contributed by atoms with E-state index in [0.717, 1.165) is 25.7 Å². The quantitative estimate of drug-likeness (QED) is 0.885. The normalized spacial score (nSPS) is 20.4. The van der Waals surface area contributed by atoms with E-state index in [9.17, 15) is 9.90 Å². The first-order valence-electron chi connectivity index (χ1n) is 6.46. The van der Waals surface area contributed by atoms with Crippen LogP contribution in [0.3, 0.4) is 0 Å². The molecular formula is C13H20N2O2S. The first kappa shape index (κ1) is 13.5. The van der Waals surface area contributed by atoms with Gasteiger partial charge in [0.05, 0.1) is 11.8 Å². The summed E-state index contributed by atoms with van der Waals surface area (Å²) in [6.07, 6.45) is 4.80. The van der Waals surface area contributed by atoms with Crippen LogP contribution in [0.4, 0.5) is 5.13 Å². The first-order valence-corrected chi connectivity index (χ1v) is 7.34. The van der Waals surface area contributed by atoms with Crippen molar-refractivity contribution in [2.75, 3.05) is 5.32 Å². The van der Waals surface area contributed by atoms with Crippen LogP contribution >= 0.6 is 11.3 Å². The van der Waals surface area contributed by atoms with Crippen molar-refractivity contribution >= 4 is 22.4 Å². The number of carbonyl (C=O) groups is 1. The van der Waals surface area contributed by atoms with Gasteiger partial charge in [0.1, 0.15) is 0 Å². The van der Waals surface area contributed by atoms with E-state index in [0.29, 0.717) is 10.8 Å². The van der Waals surface area contributed by atoms with E-state index in [1.807, 2.05) is 6.92 Å². The highest BCUT2D eigenvalue weighted by molar-refractivity contribution is 7.13. The van der Waals surface area contributed by atoms with Crippen molar-refractivity contribution < 1.29 is 9.90 Å². The van der Waals surface area contributed by atoms with E-state index in [1.165, 1.54) is 17.8 Å². The maximum atomic E-state index is 12.3. The van der Waals surface area contributed by atoms with Gasteiger partial charge in [-0.2, -0.15) is 0 Å². The molecule has 1 amide bonds. The van der Waals surface area contributed by atoms with Crippen LogP contribution in [0.1, 0.15) is 57.7 Å². The van der Waals surface area contributed by atoms with Crippen LogP contribution in [0.2, 0.25) is 0 Å². The van der Waals surface area contributed by atoms with E-state index in [2.05, 4.69) is 10.3 Å². The Labute approximate surface area is 111 Å².